The van der Waals surface area contributed by atoms with Crippen LogP contribution in [0.15, 0.2) is 42.5 Å². The zero-order valence-electron chi connectivity index (χ0n) is 16.4. The van der Waals surface area contributed by atoms with Crippen LogP contribution >= 0.6 is 0 Å². The molecule has 1 fully saturated rings. The molecule has 6 nitrogen and oxygen atoms in total. The fraction of sp³-hybridized carbons (Fsp3) is 0.364. The molecule has 1 amide bonds. The van der Waals surface area contributed by atoms with Gasteiger partial charge in [-0.15, -0.1) is 0 Å². The molecule has 0 aromatic heterocycles. The van der Waals surface area contributed by atoms with Gasteiger partial charge >= 0.3 is 0 Å². The Kier molecular flexibility index (Phi) is 4.62. The van der Waals surface area contributed by atoms with Gasteiger partial charge in [-0.3, -0.25) is 4.79 Å². The summed E-state index contributed by atoms with van der Waals surface area (Å²) in [5.41, 5.74) is 3.65. The van der Waals surface area contributed by atoms with E-state index in [2.05, 4.69) is 30.0 Å². The molecule has 1 unspecified atom stereocenters. The number of nitrogens with zero attached hydrogens (tertiary/aromatic N) is 1. The predicted octanol–water partition coefficient (Wildman–Crippen LogP) is 4.11. The van der Waals surface area contributed by atoms with Gasteiger partial charge in [0, 0.05) is 14.1 Å². The highest BCUT2D eigenvalue weighted by Gasteiger charge is 2.38. The molecule has 4 rings (SSSR count). The molecule has 0 saturated heterocycles. The average Bonchev–Trinajstić information content (AvgIpc) is 3.53. The number of carbonyl (C=O) groups is 1. The minimum absolute atomic E-state index is 0. The van der Waals surface area contributed by atoms with Gasteiger partial charge < -0.3 is 5.32 Å². The Bertz CT molecular complexity index is 1140. The minimum atomic E-state index is -3.58. The number of benzene rings is 2. The summed E-state index contributed by atoms with van der Waals surface area (Å²) in [6.07, 6.45) is 2.00. The number of anilines is 1. The van der Waals surface area contributed by atoms with E-state index in [1.807, 2.05) is 24.3 Å². The number of fused-ring (bicyclic) bond motifs is 1. The summed E-state index contributed by atoms with van der Waals surface area (Å²) >= 11 is 0. The standard InChI is InChI=1S/C22H23N3O3S.2H2/c1-22(2)12-20(15-5-3-4-14(10-15)13-23)24-19-9-6-16(11-18(19)22)21(26)25-29(27,28)17-7-8-17;;/h3-6,9-11,17,20,24H,7-8,12H2,1-2H3,(H,25,26);2*1H. The van der Waals surface area contributed by atoms with Gasteiger partial charge in [-0.25, -0.2) is 13.1 Å². The van der Waals surface area contributed by atoms with Crippen LogP contribution in [0.5, 0.6) is 0 Å². The molecular weight excluding hydrogens is 386 g/mol. The maximum atomic E-state index is 12.5. The molecule has 7 heteroatoms. The van der Waals surface area contributed by atoms with Crippen LogP contribution < -0.4 is 10.0 Å². The Morgan fingerprint density at radius 3 is 2.69 bits per heavy atom. The summed E-state index contributed by atoms with van der Waals surface area (Å²) in [6, 6.07) is 15.0. The second-order valence-corrected chi connectivity index (χ2v) is 10.4. The van der Waals surface area contributed by atoms with Crippen molar-refractivity contribution < 1.29 is 16.1 Å². The molecule has 0 radical (unpaired) electrons. The van der Waals surface area contributed by atoms with Crippen molar-refractivity contribution in [1.29, 1.82) is 5.26 Å². The number of carbonyl (C=O) groups excluding carboxylic acids is 1. The van der Waals surface area contributed by atoms with Gasteiger partial charge in [0.05, 0.1) is 22.9 Å². The highest BCUT2D eigenvalue weighted by Crippen LogP contribution is 2.44. The number of nitriles is 1. The zero-order valence-corrected chi connectivity index (χ0v) is 17.2. The second-order valence-electron chi connectivity index (χ2n) is 8.46. The van der Waals surface area contributed by atoms with Crippen LogP contribution in [0.25, 0.3) is 0 Å². The largest absolute Gasteiger partial charge is 0.378 e. The summed E-state index contributed by atoms with van der Waals surface area (Å²) < 4.78 is 26.4. The van der Waals surface area contributed by atoms with Crippen molar-refractivity contribution in [2.45, 2.75) is 49.8 Å². The molecule has 29 heavy (non-hydrogen) atoms. The van der Waals surface area contributed by atoms with E-state index in [-0.39, 0.29) is 14.3 Å². The monoisotopic (exact) mass is 413 g/mol. The van der Waals surface area contributed by atoms with E-state index in [1.54, 1.807) is 18.2 Å². The van der Waals surface area contributed by atoms with E-state index in [9.17, 15) is 18.5 Å². The topological polar surface area (TPSA) is 99.1 Å². The number of nitrogens with one attached hydrogen (secondary N) is 2. The maximum Gasteiger partial charge on any atom is 0.264 e. The lowest BCUT2D eigenvalue weighted by Crippen LogP contribution is -2.34. The Labute approximate surface area is 174 Å². The van der Waals surface area contributed by atoms with Gasteiger partial charge in [-0.05, 0) is 66.1 Å². The molecule has 1 saturated carbocycles. The van der Waals surface area contributed by atoms with Crippen LogP contribution in [0, 0.1) is 11.3 Å². The van der Waals surface area contributed by atoms with Crippen molar-refractivity contribution in [3.63, 3.8) is 0 Å². The first-order valence-electron chi connectivity index (χ1n) is 9.67. The molecular formula is C22H27N3O3S. The minimum Gasteiger partial charge on any atom is -0.378 e. The smallest absolute Gasteiger partial charge is 0.264 e. The fourth-order valence-electron chi connectivity index (χ4n) is 3.91. The third-order valence-electron chi connectivity index (χ3n) is 5.67. The van der Waals surface area contributed by atoms with Crippen LogP contribution in [0.3, 0.4) is 0 Å². The third-order valence-corrected chi connectivity index (χ3v) is 7.49. The highest BCUT2D eigenvalue weighted by molar-refractivity contribution is 7.91. The molecule has 0 bridgehead atoms. The van der Waals surface area contributed by atoms with Gasteiger partial charge in [-0.2, -0.15) is 5.26 Å². The SMILES string of the molecule is CC1(C)CC(c2cccc(C#N)c2)Nc2ccc(C(=O)NS(=O)(=O)C3CC3)cc21.[HH].[HH]. The van der Waals surface area contributed by atoms with E-state index >= 15 is 0 Å². The van der Waals surface area contributed by atoms with Crippen molar-refractivity contribution in [3.05, 3.63) is 64.7 Å². The van der Waals surface area contributed by atoms with Crippen LogP contribution in [0.1, 0.15) is 69.1 Å². The van der Waals surface area contributed by atoms with Crippen LogP contribution in [-0.4, -0.2) is 19.6 Å². The molecule has 2 N–H and O–H groups in total. The van der Waals surface area contributed by atoms with Crippen LogP contribution in [0.2, 0.25) is 0 Å². The number of amides is 1. The van der Waals surface area contributed by atoms with Crippen LogP contribution in [0.4, 0.5) is 5.69 Å². The summed E-state index contributed by atoms with van der Waals surface area (Å²) in [7, 11) is -3.58. The van der Waals surface area contributed by atoms with Crippen molar-refractivity contribution in [3.8, 4) is 6.07 Å². The van der Waals surface area contributed by atoms with Crippen molar-refractivity contribution >= 4 is 21.6 Å². The fourth-order valence-corrected chi connectivity index (χ4v) is 5.21. The molecule has 1 aliphatic carbocycles. The van der Waals surface area contributed by atoms with Crippen molar-refractivity contribution in [1.82, 2.24) is 4.72 Å². The third kappa shape index (κ3) is 3.85. The normalized spacial score (nSPS) is 20.1. The molecule has 2 aliphatic rings. The summed E-state index contributed by atoms with van der Waals surface area (Å²) in [5, 5.41) is 12.2. The molecule has 2 aromatic carbocycles. The lowest BCUT2D eigenvalue weighted by molar-refractivity contribution is 0.0981. The van der Waals surface area contributed by atoms with E-state index in [4.69, 9.17) is 0 Å². The first-order chi connectivity index (χ1) is 13.7. The summed E-state index contributed by atoms with van der Waals surface area (Å²) in [5.74, 6) is -0.584. The Morgan fingerprint density at radius 2 is 2.00 bits per heavy atom. The number of rotatable bonds is 4. The van der Waals surface area contributed by atoms with Gasteiger partial charge in [0.15, 0.2) is 0 Å². The van der Waals surface area contributed by atoms with E-state index in [0.717, 1.165) is 23.2 Å². The highest BCUT2D eigenvalue weighted by atomic mass is 32.2. The molecule has 154 valence electrons. The van der Waals surface area contributed by atoms with E-state index < -0.39 is 21.2 Å². The zero-order chi connectivity index (χ0) is 20.8. The number of hydrogen-bond acceptors (Lipinski definition) is 5. The first kappa shape index (κ1) is 19.5. The molecule has 1 atom stereocenters. The lowest BCUT2D eigenvalue weighted by atomic mass is 9.73. The average molecular weight is 414 g/mol. The maximum absolute atomic E-state index is 12.5. The van der Waals surface area contributed by atoms with Gasteiger partial charge in [0.2, 0.25) is 10.0 Å². The van der Waals surface area contributed by atoms with Gasteiger partial charge in [-0.1, -0.05) is 26.0 Å². The van der Waals surface area contributed by atoms with Crippen molar-refractivity contribution in [2.75, 3.05) is 5.32 Å². The molecule has 2 aromatic rings. The van der Waals surface area contributed by atoms with Gasteiger partial charge in [0.25, 0.3) is 5.91 Å². The van der Waals surface area contributed by atoms with E-state index in [1.165, 1.54) is 0 Å². The lowest BCUT2D eigenvalue weighted by Gasteiger charge is -2.39. The number of sulfonamides is 1. The predicted molar refractivity (Wildman–Crippen MR) is 115 cm³/mol. The second kappa shape index (κ2) is 6.89. The first-order valence-corrected chi connectivity index (χ1v) is 11.2. The quantitative estimate of drug-likeness (QED) is 0.786. The molecule has 0 spiro atoms. The Morgan fingerprint density at radius 1 is 1.24 bits per heavy atom. The molecule has 1 aliphatic heterocycles. The molecule has 1 heterocycles. The van der Waals surface area contributed by atoms with E-state index in [0.29, 0.717) is 24.0 Å². The Hall–Kier alpha value is -2.85. The summed E-state index contributed by atoms with van der Waals surface area (Å²) in [6.45, 7) is 4.22. The number of hydrogen-bond donors (Lipinski definition) is 2. The van der Waals surface area contributed by atoms with Gasteiger partial charge in [0.1, 0.15) is 0 Å². The van der Waals surface area contributed by atoms with Crippen LogP contribution in [-0.2, 0) is 15.4 Å². The Balaban J connectivity index is 0.00000171. The summed E-state index contributed by atoms with van der Waals surface area (Å²) in [4.78, 5) is 12.5. The van der Waals surface area contributed by atoms with Crippen molar-refractivity contribution in [2.24, 2.45) is 0 Å².